The van der Waals surface area contributed by atoms with Crippen LogP contribution in [-0.2, 0) is 0 Å². The smallest absolute Gasteiger partial charge is 0.257 e. The molecule has 112 valence electrons. The number of carbonyl (C=O) groups is 1. The van der Waals surface area contributed by atoms with Crippen molar-refractivity contribution in [2.45, 2.75) is 18.9 Å². The van der Waals surface area contributed by atoms with Crippen LogP contribution in [0, 0.1) is 5.92 Å². The molecule has 2 aliphatic rings. The summed E-state index contributed by atoms with van der Waals surface area (Å²) in [6.07, 6.45) is 3.85. The highest BCUT2D eigenvalue weighted by Gasteiger charge is 2.35. The highest BCUT2D eigenvalue weighted by Crippen LogP contribution is 2.28. The van der Waals surface area contributed by atoms with E-state index in [2.05, 4.69) is 5.32 Å². The Balaban J connectivity index is 0.00000132. The molecular weight excluding hydrogens is 288 g/mol. The van der Waals surface area contributed by atoms with Crippen molar-refractivity contribution in [2.24, 2.45) is 5.92 Å². The Labute approximate surface area is 129 Å². The first-order chi connectivity index (χ1) is 9.83. The van der Waals surface area contributed by atoms with E-state index in [-0.39, 0.29) is 18.3 Å². The van der Waals surface area contributed by atoms with Crippen LogP contribution in [0.5, 0.6) is 0 Å². The summed E-state index contributed by atoms with van der Waals surface area (Å²) in [6.45, 7) is 2.80. The van der Waals surface area contributed by atoms with E-state index >= 15 is 0 Å². The molecule has 2 fully saturated rings. The van der Waals surface area contributed by atoms with Crippen molar-refractivity contribution in [3.8, 4) is 0 Å². The summed E-state index contributed by atoms with van der Waals surface area (Å²) in [5.74, 6) is 0.728. The van der Waals surface area contributed by atoms with Gasteiger partial charge in [-0.25, -0.2) is 0 Å². The Morgan fingerprint density at radius 3 is 3.05 bits per heavy atom. The minimum Gasteiger partial charge on any atom is -0.463 e. The summed E-state index contributed by atoms with van der Waals surface area (Å²) in [5.41, 5.74) is 1.48. The van der Waals surface area contributed by atoms with Crippen molar-refractivity contribution in [1.82, 2.24) is 10.2 Å². The number of nitrogens with one attached hydrogen (secondary N) is 1. The van der Waals surface area contributed by atoms with E-state index < -0.39 is 0 Å². The van der Waals surface area contributed by atoms with Gasteiger partial charge in [-0.1, -0.05) is 18.2 Å². The molecule has 0 radical (unpaired) electrons. The van der Waals surface area contributed by atoms with Gasteiger partial charge in [-0.2, -0.15) is 0 Å². The van der Waals surface area contributed by atoms with Gasteiger partial charge in [0.1, 0.15) is 11.8 Å². The van der Waals surface area contributed by atoms with Gasteiger partial charge in [-0.3, -0.25) is 4.79 Å². The lowest BCUT2D eigenvalue weighted by Crippen LogP contribution is -2.46. The second kappa shape index (κ2) is 5.70. The number of benzene rings is 1. The number of hydrogen-bond acceptors (Lipinski definition) is 3. The minimum atomic E-state index is 0. The third-order valence-corrected chi connectivity index (χ3v) is 4.65. The van der Waals surface area contributed by atoms with E-state index in [0.717, 1.165) is 37.0 Å². The van der Waals surface area contributed by atoms with Gasteiger partial charge in [0.2, 0.25) is 0 Å². The Kier molecular flexibility index (Phi) is 3.91. The lowest BCUT2D eigenvalue weighted by Gasteiger charge is -2.34. The topological polar surface area (TPSA) is 45.5 Å². The number of carbonyl (C=O) groups excluding carboxylic acids is 1. The van der Waals surface area contributed by atoms with E-state index in [4.69, 9.17) is 4.42 Å². The van der Waals surface area contributed by atoms with Crippen molar-refractivity contribution in [2.75, 3.05) is 19.6 Å². The molecule has 1 amide bonds. The molecule has 3 heterocycles. The number of amides is 1. The van der Waals surface area contributed by atoms with Gasteiger partial charge in [-0.05, 0) is 31.4 Å². The van der Waals surface area contributed by atoms with Crippen LogP contribution in [0.4, 0.5) is 0 Å². The third-order valence-electron chi connectivity index (χ3n) is 4.65. The van der Waals surface area contributed by atoms with Crippen LogP contribution < -0.4 is 5.32 Å². The fourth-order valence-electron chi connectivity index (χ4n) is 3.55. The summed E-state index contributed by atoms with van der Waals surface area (Å²) < 4.78 is 5.49. The number of fused-ring (bicyclic) bond motifs is 2. The maximum absolute atomic E-state index is 12.7. The van der Waals surface area contributed by atoms with E-state index in [1.807, 2.05) is 29.2 Å². The number of furan rings is 1. The number of rotatable bonds is 1. The molecule has 2 atom stereocenters. The van der Waals surface area contributed by atoms with Gasteiger partial charge in [0.25, 0.3) is 5.91 Å². The standard InChI is InChI=1S/C16H18N2O2.ClH/c19-16(13-10-20-15-4-2-1-3-12(13)15)18-8-6-14-11(9-18)5-7-17-14;/h1-4,10-11,14,17H,5-9H2;1H. The third kappa shape index (κ3) is 2.43. The molecule has 2 aromatic rings. The largest absolute Gasteiger partial charge is 0.463 e. The zero-order chi connectivity index (χ0) is 13.5. The van der Waals surface area contributed by atoms with Gasteiger partial charge in [0.05, 0.1) is 5.56 Å². The monoisotopic (exact) mass is 306 g/mol. The fraction of sp³-hybridized carbons (Fsp3) is 0.438. The number of piperidine rings is 1. The van der Waals surface area contributed by atoms with Crippen molar-refractivity contribution in [1.29, 1.82) is 0 Å². The van der Waals surface area contributed by atoms with E-state index in [0.29, 0.717) is 17.5 Å². The van der Waals surface area contributed by atoms with Crippen LogP contribution in [-0.4, -0.2) is 36.5 Å². The maximum Gasteiger partial charge on any atom is 0.257 e. The molecule has 2 saturated heterocycles. The first kappa shape index (κ1) is 14.4. The predicted octanol–water partition coefficient (Wildman–Crippen LogP) is 2.68. The van der Waals surface area contributed by atoms with Crippen molar-refractivity contribution < 1.29 is 9.21 Å². The molecule has 1 aromatic heterocycles. The molecule has 0 spiro atoms. The quantitative estimate of drug-likeness (QED) is 0.881. The van der Waals surface area contributed by atoms with Crippen LogP contribution in [0.1, 0.15) is 23.2 Å². The first-order valence-electron chi connectivity index (χ1n) is 7.32. The molecule has 1 N–H and O–H groups in total. The molecule has 21 heavy (non-hydrogen) atoms. The molecule has 1 aromatic carbocycles. The average Bonchev–Trinajstić information content (AvgIpc) is 3.12. The molecule has 4 nitrogen and oxygen atoms in total. The predicted molar refractivity (Wildman–Crippen MR) is 83.9 cm³/mol. The average molecular weight is 307 g/mol. The summed E-state index contributed by atoms with van der Waals surface area (Å²) in [4.78, 5) is 14.7. The molecule has 2 unspecified atom stereocenters. The molecule has 0 aliphatic carbocycles. The summed E-state index contributed by atoms with van der Waals surface area (Å²) >= 11 is 0. The van der Waals surface area contributed by atoms with Gasteiger partial charge >= 0.3 is 0 Å². The lowest BCUT2D eigenvalue weighted by molar-refractivity contribution is 0.0663. The molecule has 5 heteroatoms. The van der Waals surface area contributed by atoms with E-state index in [9.17, 15) is 4.79 Å². The second-order valence-electron chi connectivity index (χ2n) is 5.79. The minimum absolute atomic E-state index is 0. The number of nitrogens with zero attached hydrogens (tertiary/aromatic N) is 1. The zero-order valence-electron chi connectivity index (χ0n) is 11.7. The van der Waals surface area contributed by atoms with Crippen molar-refractivity contribution >= 4 is 29.3 Å². The van der Waals surface area contributed by atoms with E-state index in [1.165, 1.54) is 6.42 Å². The van der Waals surface area contributed by atoms with Crippen LogP contribution in [0.25, 0.3) is 11.0 Å². The Hall–Kier alpha value is -1.52. The van der Waals surface area contributed by atoms with Gasteiger partial charge in [0.15, 0.2) is 0 Å². The van der Waals surface area contributed by atoms with Crippen LogP contribution in [0.15, 0.2) is 34.9 Å². The van der Waals surface area contributed by atoms with Crippen molar-refractivity contribution in [3.63, 3.8) is 0 Å². The SMILES string of the molecule is Cl.O=C(c1coc2ccccc12)N1CCC2NCCC2C1. The van der Waals surface area contributed by atoms with Crippen LogP contribution in [0.3, 0.4) is 0 Å². The normalized spacial score (nSPS) is 24.7. The summed E-state index contributed by atoms with van der Waals surface area (Å²) in [6, 6.07) is 8.34. The summed E-state index contributed by atoms with van der Waals surface area (Å²) in [5, 5.41) is 4.45. The Bertz CT molecular complexity index is 655. The highest BCUT2D eigenvalue weighted by atomic mass is 35.5. The maximum atomic E-state index is 12.7. The molecule has 0 saturated carbocycles. The first-order valence-corrected chi connectivity index (χ1v) is 7.32. The van der Waals surface area contributed by atoms with Crippen LogP contribution in [0.2, 0.25) is 0 Å². The number of likely N-dealkylation sites (tertiary alicyclic amines) is 1. The fourth-order valence-corrected chi connectivity index (χ4v) is 3.55. The second-order valence-corrected chi connectivity index (χ2v) is 5.79. The molecule has 2 aliphatic heterocycles. The summed E-state index contributed by atoms with van der Waals surface area (Å²) in [7, 11) is 0. The van der Waals surface area contributed by atoms with Gasteiger partial charge < -0.3 is 14.6 Å². The molecule has 0 bridgehead atoms. The van der Waals surface area contributed by atoms with Crippen molar-refractivity contribution in [3.05, 3.63) is 36.1 Å². The van der Waals surface area contributed by atoms with Gasteiger partial charge in [0, 0.05) is 24.5 Å². The Morgan fingerprint density at radius 1 is 1.29 bits per heavy atom. The zero-order valence-corrected chi connectivity index (χ0v) is 12.6. The number of hydrogen-bond donors (Lipinski definition) is 1. The number of halogens is 1. The molecule has 4 rings (SSSR count). The Morgan fingerprint density at radius 2 is 2.14 bits per heavy atom. The highest BCUT2D eigenvalue weighted by molar-refractivity contribution is 6.05. The van der Waals surface area contributed by atoms with E-state index in [1.54, 1.807) is 6.26 Å². The van der Waals surface area contributed by atoms with Crippen LogP contribution >= 0.6 is 12.4 Å². The molecular formula is C16H19ClN2O2. The van der Waals surface area contributed by atoms with Gasteiger partial charge in [-0.15, -0.1) is 12.4 Å². The number of para-hydroxylation sites is 1. The lowest BCUT2D eigenvalue weighted by atomic mass is 9.93.